The van der Waals surface area contributed by atoms with Crippen LogP contribution in [0.3, 0.4) is 0 Å². The first-order chi connectivity index (χ1) is 11.1. The van der Waals surface area contributed by atoms with Crippen molar-refractivity contribution in [2.45, 2.75) is 6.54 Å². The molecule has 1 aromatic rings. The van der Waals surface area contributed by atoms with Gasteiger partial charge in [-0.05, 0) is 24.7 Å². The summed E-state index contributed by atoms with van der Waals surface area (Å²) < 4.78 is 5.09. The quantitative estimate of drug-likeness (QED) is 0.648. The molecule has 0 aromatic heterocycles. The average Bonchev–Trinajstić information content (AvgIpc) is 2.59. The molecule has 6 nitrogen and oxygen atoms in total. The lowest BCUT2D eigenvalue weighted by atomic mass is 10.2. The van der Waals surface area contributed by atoms with Gasteiger partial charge in [0.2, 0.25) is 0 Å². The van der Waals surface area contributed by atoms with Gasteiger partial charge in [-0.3, -0.25) is 4.79 Å². The Morgan fingerprint density at radius 1 is 1.30 bits per heavy atom. The summed E-state index contributed by atoms with van der Waals surface area (Å²) in [5.41, 5.74) is 1.10. The number of hydrogen-bond donors (Lipinski definition) is 1. The molecule has 23 heavy (non-hydrogen) atoms. The van der Waals surface area contributed by atoms with Gasteiger partial charge in [-0.15, -0.1) is 0 Å². The molecule has 1 N–H and O–H groups in total. The Balaban J connectivity index is 1.90. The second-order valence-electron chi connectivity index (χ2n) is 5.52. The van der Waals surface area contributed by atoms with Crippen molar-refractivity contribution < 1.29 is 9.53 Å². The maximum atomic E-state index is 12.1. The van der Waals surface area contributed by atoms with Crippen LogP contribution in [-0.4, -0.2) is 56.0 Å². The van der Waals surface area contributed by atoms with E-state index in [1.165, 1.54) is 0 Å². The third-order valence-electron chi connectivity index (χ3n) is 3.83. The van der Waals surface area contributed by atoms with Gasteiger partial charge < -0.3 is 19.9 Å². The zero-order chi connectivity index (χ0) is 16.7. The highest BCUT2D eigenvalue weighted by Gasteiger charge is 2.15. The summed E-state index contributed by atoms with van der Waals surface area (Å²) in [6.07, 6.45) is 1.66. The first-order valence-corrected chi connectivity index (χ1v) is 7.58. The summed E-state index contributed by atoms with van der Waals surface area (Å²) in [6.45, 7) is 3.90. The van der Waals surface area contributed by atoms with Crippen LogP contribution in [0.5, 0.6) is 5.75 Å². The maximum absolute atomic E-state index is 12.1. The van der Waals surface area contributed by atoms with E-state index in [1.807, 2.05) is 35.2 Å². The van der Waals surface area contributed by atoms with Gasteiger partial charge in [-0.1, -0.05) is 12.1 Å². The van der Waals surface area contributed by atoms with E-state index >= 15 is 0 Å². The van der Waals surface area contributed by atoms with Crippen LogP contribution in [-0.2, 0) is 11.3 Å². The molecular formula is C17H22N4O2. The molecule has 1 aliphatic rings. The molecule has 1 saturated heterocycles. The Kier molecular flexibility index (Phi) is 6.01. The molecule has 0 atom stereocenters. The van der Waals surface area contributed by atoms with E-state index in [4.69, 9.17) is 4.74 Å². The van der Waals surface area contributed by atoms with Crippen molar-refractivity contribution in [2.75, 3.05) is 40.3 Å². The molecule has 0 radical (unpaired) electrons. The standard InChI is InChI=1S/C17H22N4O2/c1-20-7-9-21(10-8-20)13-15(11-18)17(22)19-12-14-3-5-16(23-2)6-4-14/h3-6,13H,7-10,12H2,1-2H3,(H,19,22). The van der Waals surface area contributed by atoms with Gasteiger partial charge in [0.25, 0.3) is 5.91 Å². The highest BCUT2D eigenvalue weighted by atomic mass is 16.5. The zero-order valence-corrected chi connectivity index (χ0v) is 13.6. The Labute approximate surface area is 136 Å². The van der Waals surface area contributed by atoms with E-state index in [9.17, 15) is 10.1 Å². The predicted octanol–water partition coefficient (Wildman–Crippen LogP) is 0.966. The third-order valence-corrected chi connectivity index (χ3v) is 3.83. The number of carbonyl (C=O) groups is 1. The summed E-state index contributed by atoms with van der Waals surface area (Å²) in [4.78, 5) is 16.4. The fourth-order valence-corrected chi connectivity index (χ4v) is 2.29. The van der Waals surface area contributed by atoms with Crippen molar-refractivity contribution in [3.05, 3.63) is 41.6 Å². The molecule has 1 aliphatic heterocycles. The fourth-order valence-electron chi connectivity index (χ4n) is 2.29. The van der Waals surface area contributed by atoms with E-state index in [0.29, 0.717) is 6.54 Å². The number of carbonyl (C=O) groups excluding carboxylic acids is 1. The highest BCUT2D eigenvalue weighted by molar-refractivity contribution is 5.97. The zero-order valence-electron chi connectivity index (χ0n) is 13.6. The normalized spacial score (nSPS) is 15.9. The van der Waals surface area contributed by atoms with Crippen molar-refractivity contribution in [2.24, 2.45) is 0 Å². The lowest BCUT2D eigenvalue weighted by Crippen LogP contribution is -2.42. The summed E-state index contributed by atoms with van der Waals surface area (Å²) in [5, 5.41) is 12.0. The number of nitrogens with zero attached hydrogens (tertiary/aromatic N) is 3. The largest absolute Gasteiger partial charge is 0.497 e. The number of ether oxygens (including phenoxy) is 1. The highest BCUT2D eigenvalue weighted by Crippen LogP contribution is 2.11. The second-order valence-corrected chi connectivity index (χ2v) is 5.52. The Morgan fingerprint density at radius 2 is 1.96 bits per heavy atom. The van der Waals surface area contributed by atoms with Crippen LogP contribution in [0.15, 0.2) is 36.0 Å². The smallest absolute Gasteiger partial charge is 0.263 e. The lowest BCUT2D eigenvalue weighted by molar-refractivity contribution is -0.117. The SMILES string of the molecule is COc1ccc(CNC(=O)C(C#N)=CN2CCN(C)CC2)cc1. The van der Waals surface area contributed by atoms with Crippen LogP contribution < -0.4 is 10.1 Å². The molecule has 2 rings (SSSR count). The molecule has 1 fully saturated rings. The minimum absolute atomic E-state index is 0.142. The molecule has 0 aliphatic carbocycles. The van der Waals surface area contributed by atoms with Crippen molar-refractivity contribution in [1.82, 2.24) is 15.1 Å². The fraction of sp³-hybridized carbons (Fsp3) is 0.412. The topological polar surface area (TPSA) is 68.6 Å². The number of rotatable bonds is 5. The Bertz CT molecular complexity index is 596. The summed E-state index contributed by atoms with van der Waals surface area (Å²) in [5.74, 6) is 0.426. The Morgan fingerprint density at radius 3 is 2.52 bits per heavy atom. The van der Waals surface area contributed by atoms with E-state index in [1.54, 1.807) is 13.3 Å². The van der Waals surface area contributed by atoms with Gasteiger partial charge in [-0.25, -0.2) is 0 Å². The summed E-state index contributed by atoms with van der Waals surface area (Å²) in [7, 11) is 3.67. The minimum Gasteiger partial charge on any atom is -0.497 e. The maximum Gasteiger partial charge on any atom is 0.263 e. The van der Waals surface area contributed by atoms with Crippen LogP contribution in [0.1, 0.15) is 5.56 Å². The van der Waals surface area contributed by atoms with Gasteiger partial charge in [0.1, 0.15) is 17.4 Å². The van der Waals surface area contributed by atoms with E-state index in [2.05, 4.69) is 17.3 Å². The first-order valence-electron chi connectivity index (χ1n) is 7.58. The number of nitrogens with one attached hydrogen (secondary N) is 1. The summed E-state index contributed by atoms with van der Waals surface area (Å²) >= 11 is 0. The molecule has 0 bridgehead atoms. The van der Waals surface area contributed by atoms with Crippen LogP contribution >= 0.6 is 0 Å². The van der Waals surface area contributed by atoms with Gasteiger partial charge >= 0.3 is 0 Å². The minimum atomic E-state index is -0.345. The lowest BCUT2D eigenvalue weighted by Gasteiger charge is -2.31. The average molecular weight is 314 g/mol. The molecule has 0 spiro atoms. The monoisotopic (exact) mass is 314 g/mol. The molecule has 0 saturated carbocycles. The number of methoxy groups -OCH3 is 1. The molecule has 6 heteroatoms. The molecule has 1 heterocycles. The van der Waals surface area contributed by atoms with Crippen LogP contribution in [0.4, 0.5) is 0 Å². The van der Waals surface area contributed by atoms with Crippen LogP contribution in [0.25, 0.3) is 0 Å². The predicted molar refractivity (Wildman–Crippen MR) is 87.6 cm³/mol. The number of likely N-dealkylation sites (N-methyl/N-ethyl adjacent to an activating group) is 1. The van der Waals surface area contributed by atoms with Crippen molar-refractivity contribution >= 4 is 5.91 Å². The second kappa shape index (κ2) is 8.20. The number of nitriles is 1. The number of benzene rings is 1. The van der Waals surface area contributed by atoms with E-state index in [-0.39, 0.29) is 11.5 Å². The van der Waals surface area contributed by atoms with Crippen LogP contribution in [0.2, 0.25) is 0 Å². The van der Waals surface area contributed by atoms with Crippen molar-refractivity contribution in [3.63, 3.8) is 0 Å². The van der Waals surface area contributed by atoms with Gasteiger partial charge in [0.15, 0.2) is 0 Å². The van der Waals surface area contributed by atoms with Crippen LogP contribution in [0, 0.1) is 11.3 Å². The van der Waals surface area contributed by atoms with Crippen molar-refractivity contribution in [3.8, 4) is 11.8 Å². The summed E-state index contributed by atoms with van der Waals surface area (Å²) in [6, 6.07) is 9.44. The van der Waals surface area contributed by atoms with Crippen molar-refractivity contribution in [1.29, 1.82) is 5.26 Å². The Hall–Kier alpha value is -2.52. The number of piperazine rings is 1. The molecule has 1 amide bonds. The molecule has 1 aromatic carbocycles. The van der Waals surface area contributed by atoms with E-state index in [0.717, 1.165) is 37.5 Å². The van der Waals surface area contributed by atoms with E-state index < -0.39 is 0 Å². The first kappa shape index (κ1) is 16.8. The number of amides is 1. The molecular weight excluding hydrogens is 292 g/mol. The van der Waals surface area contributed by atoms with Gasteiger partial charge in [0, 0.05) is 38.9 Å². The van der Waals surface area contributed by atoms with Gasteiger partial charge in [0.05, 0.1) is 7.11 Å². The molecule has 0 unspecified atom stereocenters. The molecule has 122 valence electrons. The number of hydrogen-bond acceptors (Lipinski definition) is 5. The third kappa shape index (κ3) is 5.01. The van der Waals surface area contributed by atoms with Gasteiger partial charge in [-0.2, -0.15) is 5.26 Å².